The Bertz CT molecular complexity index is 1790. The summed E-state index contributed by atoms with van der Waals surface area (Å²) in [6.07, 6.45) is 6.89. The summed E-state index contributed by atoms with van der Waals surface area (Å²) in [5, 5.41) is 21.7. The van der Waals surface area contributed by atoms with E-state index in [-0.39, 0.29) is 0 Å². The van der Waals surface area contributed by atoms with Gasteiger partial charge in [-0.05, 0) is 45.9 Å². The molecule has 0 saturated heterocycles. The second-order valence-corrected chi connectivity index (χ2v) is 11.2. The van der Waals surface area contributed by atoms with Crippen LogP contribution in [0.15, 0.2) is 132 Å². The van der Waals surface area contributed by atoms with Gasteiger partial charge in [0.1, 0.15) is 22.2 Å². The van der Waals surface area contributed by atoms with Gasteiger partial charge >= 0.3 is 0 Å². The third-order valence-electron chi connectivity index (χ3n) is 6.48. The molecular formula is C34H20N6S2. The summed E-state index contributed by atoms with van der Waals surface area (Å²) in [7, 11) is 2.63. The van der Waals surface area contributed by atoms with Crippen molar-refractivity contribution in [1.82, 2.24) is 19.9 Å². The fourth-order valence-corrected chi connectivity index (χ4v) is 6.58. The molecule has 0 bridgehead atoms. The summed E-state index contributed by atoms with van der Waals surface area (Å²) in [4.78, 5) is 18.4. The number of pyridine rings is 4. The lowest BCUT2D eigenvalue weighted by Crippen LogP contribution is -1.97. The Hall–Kier alpha value is -5.28. The normalized spacial score (nSPS) is 10.5. The largest absolute Gasteiger partial charge is 0.264 e. The average Bonchev–Trinajstić information content (AvgIpc) is 3.08. The molecule has 0 N–H and O–H groups in total. The zero-order valence-corrected chi connectivity index (χ0v) is 23.7. The van der Waals surface area contributed by atoms with Crippen LogP contribution in [0.4, 0.5) is 0 Å². The van der Waals surface area contributed by atoms with Crippen LogP contribution in [0.1, 0.15) is 11.1 Å². The Morgan fingerprint density at radius 2 is 0.905 bits per heavy atom. The van der Waals surface area contributed by atoms with Gasteiger partial charge in [-0.2, -0.15) is 10.5 Å². The monoisotopic (exact) mass is 576 g/mol. The van der Waals surface area contributed by atoms with Crippen LogP contribution in [0.2, 0.25) is 0 Å². The molecule has 42 heavy (non-hydrogen) atoms. The minimum Gasteiger partial charge on any atom is -0.264 e. The number of benzene rings is 2. The minimum atomic E-state index is 0.436. The molecule has 0 spiro atoms. The first-order valence-electron chi connectivity index (χ1n) is 12.9. The predicted molar refractivity (Wildman–Crippen MR) is 167 cm³/mol. The second-order valence-electron chi connectivity index (χ2n) is 9.08. The third kappa shape index (κ3) is 5.63. The van der Waals surface area contributed by atoms with Crippen LogP contribution in [0.25, 0.3) is 44.8 Å². The summed E-state index contributed by atoms with van der Waals surface area (Å²) in [6, 6.07) is 35.8. The number of aromatic nitrogens is 4. The molecule has 6 nitrogen and oxygen atoms in total. The van der Waals surface area contributed by atoms with E-state index in [9.17, 15) is 10.5 Å². The van der Waals surface area contributed by atoms with E-state index < -0.39 is 0 Å². The molecule has 0 aliphatic carbocycles. The summed E-state index contributed by atoms with van der Waals surface area (Å²) in [5.74, 6) is 0. The maximum absolute atomic E-state index is 10.3. The summed E-state index contributed by atoms with van der Waals surface area (Å²) < 4.78 is 0. The van der Waals surface area contributed by atoms with Crippen molar-refractivity contribution >= 4 is 21.6 Å². The molecular weight excluding hydrogens is 557 g/mol. The minimum absolute atomic E-state index is 0.436. The van der Waals surface area contributed by atoms with E-state index >= 15 is 0 Å². The van der Waals surface area contributed by atoms with Gasteiger partial charge in [-0.3, -0.25) is 9.97 Å². The Morgan fingerprint density at radius 3 is 1.26 bits per heavy atom. The molecule has 0 fully saturated rings. The van der Waals surface area contributed by atoms with E-state index in [1.165, 1.54) is 21.6 Å². The molecule has 198 valence electrons. The van der Waals surface area contributed by atoms with E-state index in [1.54, 1.807) is 24.8 Å². The lowest BCUT2D eigenvalue weighted by molar-refractivity contribution is 1.12. The van der Waals surface area contributed by atoms with Crippen molar-refractivity contribution in [1.29, 1.82) is 10.5 Å². The molecule has 0 radical (unpaired) electrons. The van der Waals surface area contributed by atoms with Crippen LogP contribution in [0, 0.1) is 22.7 Å². The van der Waals surface area contributed by atoms with Gasteiger partial charge in [0.05, 0.1) is 22.5 Å². The molecule has 6 rings (SSSR count). The van der Waals surface area contributed by atoms with Crippen LogP contribution in [0.3, 0.4) is 0 Å². The zero-order chi connectivity index (χ0) is 28.7. The van der Waals surface area contributed by atoms with E-state index in [0.717, 1.165) is 44.8 Å². The third-order valence-corrected chi connectivity index (χ3v) is 8.67. The summed E-state index contributed by atoms with van der Waals surface area (Å²) in [5.41, 5.74) is 7.33. The number of hydrogen-bond acceptors (Lipinski definition) is 8. The SMILES string of the molecule is N#Cc1c(-c2cccnc2)cc(-c2ccccc2)nc1SSc1nc(-c2ccccc2)cc(-c2cccnc2)c1C#N. The Labute approximate surface area is 251 Å². The van der Waals surface area contributed by atoms with E-state index in [2.05, 4.69) is 22.1 Å². The van der Waals surface area contributed by atoms with Gasteiger partial charge < -0.3 is 0 Å². The highest BCUT2D eigenvalue weighted by atomic mass is 33.1. The Morgan fingerprint density at radius 1 is 0.500 bits per heavy atom. The molecule has 0 aliphatic rings. The first-order chi connectivity index (χ1) is 20.7. The first kappa shape index (κ1) is 26.9. The molecule has 0 amide bonds. The standard InChI is InChI=1S/C34H20N6S2/c35-19-29-27(25-13-7-15-37-21-25)17-31(23-9-3-1-4-10-23)39-33(29)41-42-34-30(20-36)28(26-14-8-16-38-22-26)18-32(40-34)24-11-5-2-6-12-24/h1-18,21-22H. The Balaban J connectivity index is 1.48. The fourth-order valence-electron chi connectivity index (χ4n) is 4.47. The van der Waals surface area contributed by atoms with Gasteiger partial charge in [0, 0.05) is 58.2 Å². The molecule has 0 unspecified atom stereocenters. The number of rotatable bonds is 7. The maximum Gasteiger partial charge on any atom is 0.126 e. The number of nitrogens with zero attached hydrogens (tertiary/aromatic N) is 6. The van der Waals surface area contributed by atoms with E-state index in [0.29, 0.717) is 21.2 Å². The quantitative estimate of drug-likeness (QED) is 0.175. The van der Waals surface area contributed by atoms with Crippen molar-refractivity contribution < 1.29 is 0 Å². The molecule has 4 heterocycles. The molecule has 4 aromatic heterocycles. The highest BCUT2D eigenvalue weighted by molar-refractivity contribution is 8.76. The average molecular weight is 577 g/mol. The molecule has 0 saturated carbocycles. The topological polar surface area (TPSA) is 99.1 Å². The summed E-state index contributed by atoms with van der Waals surface area (Å²) in [6.45, 7) is 0. The molecule has 0 atom stereocenters. The van der Waals surface area contributed by atoms with Crippen LogP contribution >= 0.6 is 21.6 Å². The van der Waals surface area contributed by atoms with Gasteiger partial charge in [0.15, 0.2) is 0 Å². The second kappa shape index (κ2) is 12.5. The summed E-state index contributed by atoms with van der Waals surface area (Å²) >= 11 is 0. The van der Waals surface area contributed by atoms with E-state index in [4.69, 9.17) is 9.97 Å². The van der Waals surface area contributed by atoms with Gasteiger partial charge in [-0.15, -0.1) is 0 Å². The maximum atomic E-state index is 10.3. The lowest BCUT2D eigenvalue weighted by Gasteiger charge is -2.14. The number of hydrogen-bond donors (Lipinski definition) is 0. The molecule has 8 heteroatoms. The van der Waals surface area contributed by atoms with Crippen LogP contribution in [-0.2, 0) is 0 Å². The van der Waals surface area contributed by atoms with Crippen LogP contribution < -0.4 is 0 Å². The van der Waals surface area contributed by atoms with Crippen molar-refractivity contribution in [2.45, 2.75) is 10.1 Å². The van der Waals surface area contributed by atoms with Crippen molar-refractivity contribution in [3.63, 3.8) is 0 Å². The van der Waals surface area contributed by atoms with Crippen molar-refractivity contribution in [2.24, 2.45) is 0 Å². The van der Waals surface area contributed by atoms with Crippen LogP contribution in [-0.4, -0.2) is 19.9 Å². The van der Waals surface area contributed by atoms with Crippen LogP contribution in [0.5, 0.6) is 0 Å². The molecule has 6 aromatic rings. The molecule has 0 aliphatic heterocycles. The lowest BCUT2D eigenvalue weighted by atomic mass is 10.0. The van der Waals surface area contributed by atoms with Gasteiger partial charge in [0.2, 0.25) is 0 Å². The van der Waals surface area contributed by atoms with Gasteiger partial charge in [-0.1, -0.05) is 72.8 Å². The fraction of sp³-hybridized carbons (Fsp3) is 0. The first-order valence-corrected chi connectivity index (χ1v) is 15.1. The highest BCUT2D eigenvalue weighted by Crippen LogP contribution is 2.44. The van der Waals surface area contributed by atoms with Gasteiger partial charge in [-0.25, -0.2) is 9.97 Å². The Kier molecular flexibility index (Phi) is 8.00. The zero-order valence-electron chi connectivity index (χ0n) is 22.0. The van der Waals surface area contributed by atoms with E-state index in [1.807, 2.05) is 97.1 Å². The predicted octanol–water partition coefficient (Wildman–Crippen LogP) is 8.48. The highest BCUT2D eigenvalue weighted by Gasteiger charge is 2.20. The number of nitriles is 2. The van der Waals surface area contributed by atoms with Gasteiger partial charge in [0.25, 0.3) is 0 Å². The van der Waals surface area contributed by atoms with Crippen molar-refractivity contribution in [3.05, 3.63) is 133 Å². The smallest absolute Gasteiger partial charge is 0.126 e. The molecule has 2 aromatic carbocycles. The van der Waals surface area contributed by atoms with Crippen molar-refractivity contribution in [3.8, 4) is 56.9 Å². The van der Waals surface area contributed by atoms with Crippen molar-refractivity contribution in [2.75, 3.05) is 0 Å².